The number of rotatable bonds is 4. The van der Waals surface area contributed by atoms with Gasteiger partial charge < -0.3 is 9.42 Å². The Hall–Kier alpha value is -2.90. The number of hydrogen-bond acceptors (Lipinski definition) is 5. The molecule has 4 heterocycles. The van der Waals surface area contributed by atoms with Crippen molar-refractivity contribution in [1.29, 1.82) is 0 Å². The molecule has 1 atom stereocenters. The first-order chi connectivity index (χ1) is 13.1. The zero-order valence-corrected chi connectivity index (χ0v) is 15.6. The summed E-state index contributed by atoms with van der Waals surface area (Å²) < 4.78 is 6.64. The van der Waals surface area contributed by atoms with Crippen molar-refractivity contribution >= 4 is 11.6 Å². The lowest BCUT2D eigenvalue weighted by atomic mass is 9.99. The quantitative estimate of drug-likeness (QED) is 0.762. The molecule has 0 radical (unpaired) electrons. The van der Waals surface area contributed by atoms with Crippen LogP contribution in [0.4, 0.5) is 0 Å². The number of carbonyl (C=O) groups is 1. The van der Waals surface area contributed by atoms with E-state index in [9.17, 15) is 9.59 Å². The predicted octanol–water partition coefficient (Wildman–Crippen LogP) is 2.50. The van der Waals surface area contributed by atoms with E-state index in [2.05, 4.69) is 15.2 Å². The Morgan fingerprint density at radius 1 is 1.26 bits per heavy atom. The second-order valence-corrected chi connectivity index (χ2v) is 6.89. The van der Waals surface area contributed by atoms with Crippen molar-refractivity contribution < 1.29 is 9.32 Å². The molecule has 0 unspecified atom stereocenters. The molecule has 142 valence electrons. The minimum Gasteiger partial charge on any atom is -0.361 e. The molecule has 0 aromatic carbocycles. The van der Waals surface area contributed by atoms with Gasteiger partial charge in [-0.1, -0.05) is 19.0 Å². The number of H-pyrrole nitrogens is 1. The van der Waals surface area contributed by atoms with Crippen molar-refractivity contribution in [2.24, 2.45) is 0 Å². The topological polar surface area (TPSA) is 96.5 Å². The zero-order valence-electron chi connectivity index (χ0n) is 15.6. The monoisotopic (exact) mass is 369 g/mol. The molecule has 1 N–H and O–H groups in total. The molecule has 1 fully saturated rings. The molecule has 1 amide bonds. The lowest BCUT2D eigenvalue weighted by Crippen LogP contribution is -2.39. The maximum atomic E-state index is 13.0. The number of nitrogens with zero attached hydrogens (tertiary/aromatic N) is 4. The van der Waals surface area contributed by atoms with Gasteiger partial charge in [-0.25, -0.2) is 9.50 Å². The average molecular weight is 369 g/mol. The molecule has 8 nitrogen and oxygen atoms in total. The van der Waals surface area contributed by atoms with E-state index in [-0.39, 0.29) is 17.5 Å². The van der Waals surface area contributed by atoms with Crippen molar-refractivity contribution in [1.82, 2.24) is 24.7 Å². The lowest BCUT2D eigenvalue weighted by molar-refractivity contribution is 0.0595. The Labute approximate surface area is 156 Å². The Morgan fingerprint density at radius 3 is 2.85 bits per heavy atom. The van der Waals surface area contributed by atoms with Crippen LogP contribution in [0.25, 0.3) is 5.65 Å². The second kappa shape index (κ2) is 7.02. The highest BCUT2D eigenvalue weighted by atomic mass is 16.5. The Morgan fingerprint density at radius 2 is 2.11 bits per heavy atom. The van der Waals surface area contributed by atoms with Crippen LogP contribution in [0.5, 0.6) is 0 Å². The first-order valence-electron chi connectivity index (χ1n) is 9.48. The van der Waals surface area contributed by atoms with Gasteiger partial charge in [0.15, 0.2) is 11.3 Å². The van der Waals surface area contributed by atoms with E-state index in [1.54, 1.807) is 12.1 Å². The van der Waals surface area contributed by atoms with E-state index in [1.165, 1.54) is 4.52 Å². The smallest absolute Gasteiger partial charge is 0.276 e. The first-order valence-corrected chi connectivity index (χ1v) is 9.48. The number of hydrogen-bond donors (Lipinski definition) is 1. The molecule has 8 heteroatoms. The van der Waals surface area contributed by atoms with Crippen molar-refractivity contribution in [2.45, 2.75) is 52.0 Å². The van der Waals surface area contributed by atoms with E-state index in [0.29, 0.717) is 36.5 Å². The van der Waals surface area contributed by atoms with Crippen LogP contribution in [0.15, 0.2) is 27.5 Å². The third-order valence-electron chi connectivity index (χ3n) is 5.13. The van der Waals surface area contributed by atoms with E-state index in [0.717, 1.165) is 30.7 Å². The van der Waals surface area contributed by atoms with Crippen molar-refractivity contribution in [2.75, 3.05) is 6.54 Å². The first kappa shape index (κ1) is 17.5. The Kier molecular flexibility index (Phi) is 4.55. The Balaban J connectivity index is 1.70. The summed E-state index contributed by atoms with van der Waals surface area (Å²) in [6, 6.07) is 4.98. The van der Waals surface area contributed by atoms with E-state index >= 15 is 0 Å². The number of aromatic nitrogens is 4. The number of aromatic amines is 1. The molecular weight excluding hydrogens is 346 g/mol. The number of likely N-dealkylation sites (tertiary alicyclic amines) is 1. The van der Waals surface area contributed by atoms with Crippen LogP contribution in [0, 0.1) is 0 Å². The van der Waals surface area contributed by atoms with Crippen LogP contribution < -0.4 is 5.56 Å². The molecule has 1 aliphatic heterocycles. The van der Waals surface area contributed by atoms with E-state index < -0.39 is 0 Å². The third-order valence-corrected chi connectivity index (χ3v) is 5.13. The van der Waals surface area contributed by atoms with Gasteiger partial charge in [0.05, 0.1) is 11.7 Å². The SMILES string of the molecule is CCc1cc(=O)n2[nH]c([C@@H]3CCCCN3C(=O)c3cc(CC)on3)cc2n1. The summed E-state index contributed by atoms with van der Waals surface area (Å²) in [6.45, 7) is 4.57. The molecule has 1 saturated heterocycles. The average Bonchev–Trinajstić information content (AvgIpc) is 3.34. The van der Waals surface area contributed by atoms with Crippen LogP contribution in [0.2, 0.25) is 0 Å². The molecule has 0 spiro atoms. The van der Waals surface area contributed by atoms with Gasteiger partial charge in [0, 0.05) is 36.9 Å². The molecule has 27 heavy (non-hydrogen) atoms. The van der Waals surface area contributed by atoms with Gasteiger partial charge in [-0.3, -0.25) is 14.7 Å². The maximum Gasteiger partial charge on any atom is 0.276 e. The highest BCUT2D eigenvalue weighted by Gasteiger charge is 2.31. The van der Waals surface area contributed by atoms with Gasteiger partial charge in [-0.15, -0.1) is 0 Å². The van der Waals surface area contributed by atoms with Crippen LogP contribution in [0.1, 0.15) is 66.8 Å². The molecular formula is C19H23N5O3. The summed E-state index contributed by atoms with van der Waals surface area (Å²) in [5.41, 5.74) is 2.36. The largest absolute Gasteiger partial charge is 0.361 e. The van der Waals surface area contributed by atoms with Crippen LogP contribution in [0.3, 0.4) is 0 Å². The third kappa shape index (κ3) is 3.15. The van der Waals surface area contributed by atoms with E-state index in [4.69, 9.17) is 4.52 Å². The number of fused-ring (bicyclic) bond motifs is 1. The summed E-state index contributed by atoms with van der Waals surface area (Å²) in [5, 5.41) is 7.07. The van der Waals surface area contributed by atoms with Gasteiger partial charge in [0.1, 0.15) is 5.76 Å². The standard InChI is InChI=1S/C19H23N5O3/c1-3-12-9-18(25)24-17(20-12)11-14(21-24)16-7-5-6-8-23(16)19(26)15-10-13(4-2)27-22-15/h9-11,16,21H,3-8H2,1-2H3/t16-/m0/s1. The van der Waals surface area contributed by atoms with Crippen molar-refractivity contribution in [3.63, 3.8) is 0 Å². The number of amides is 1. The summed E-state index contributed by atoms with van der Waals surface area (Å²) in [7, 11) is 0. The summed E-state index contributed by atoms with van der Waals surface area (Å²) in [4.78, 5) is 31.6. The fourth-order valence-corrected chi connectivity index (χ4v) is 3.64. The second-order valence-electron chi connectivity index (χ2n) is 6.89. The Bertz CT molecular complexity index is 1030. The fourth-order valence-electron chi connectivity index (χ4n) is 3.64. The van der Waals surface area contributed by atoms with Gasteiger partial charge in [0.25, 0.3) is 11.5 Å². The number of piperidine rings is 1. The number of nitrogens with one attached hydrogen (secondary N) is 1. The highest BCUT2D eigenvalue weighted by Crippen LogP contribution is 2.31. The van der Waals surface area contributed by atoms with E-state index in [1.807, 2.05) is 24.8 Å². The van der Waals surface area contributed by atoms with Gasteiger partial charge >= 0.3 is 0 Å². The van der Waals surface area contributed by atoms with Gasteiger partial charge in [0.2, 0.25) is 0 Å². The van der Waals surface area contributed by atoms with Crippen LogP contribution in [-0.2, 0) is 12.8 Å². The predicted molar refractivity (Wildman–Crippen MR) is 98.7 cm³/mol. The molecule has 0 bridgehead atoms. The molecule has 4 rings (SSSR count). The maximum absolute atomic E-state index is 13.0. The minimum absolute atomic E-state index is 0.138. The zero-order chi connectivity index (χ0) is 19.0. The van der Waals surface area contributed by atoms with Crippen molar-refractivity contribution in [3.05, 3.63) is 51.4 Å². The number of carbonyl (C=O) groups excluding carboxylic acids is 1. The summed E-state index contributed by atoms with van der Waals surface area (Å²) >= 11 is 0. The van der Waals surface area contributed by atoms with Crippen molar-refractivity contribution in [3.8, 4) is 0 Å². The molecule has 3 aromatic rings. The summed E-state index contributed by atoms with van der Waals surface area (Å²) in [5.74, 6) is 0.553. The number of aryl methyl sites for hydroxylation is 2. The summed E-state index contributed by atoms with van der Waals surface area (Å²) in [6.07, 6.45) is 4.18. The van der Waals surface area contributed by atoms with Crippen LogP contribution in [-0.4, -0.2) is 37.1 Å². The molecule has 0 aliphatic carbocycles. The van der Waals surface area contributed by atoms with Gasteiger partial charge in [-0.05, 0) is 25.7 Å². The van der Waals surface area contributed by atoms with Crippen LogP contribution >= 0.6 is 0 Å². The molecule has 3 aromatic heterocycles. The normalized spacial score (nSPS) is 17.6. The molecule has 0 saturated carbocycles. The van der Waals surface area contributed by atoms with Gasteiger partial charge in [-0.2, -0.15) is 0 Å². The highest BCUT2D eigenvalue weighted by molar-refractivity contribution is 5.92. The molecule has 1 aliphatic rings. The lowest BCUT2D eigenvalue weighted by Gasteiger charge is -2.34. The minimum atomic E-state index is -0.142. The fraction of sp³-hybridized carbons (Fsp3) is 0.474.